The van der Waals surface area contributed by atoms with Crippen LogP contribution in [0, 0.1) is 0 Å². The van der Waals surface area contributed by atoms with Gasteiger partial charge in [-0.25, -0.2) is 0 Å². The minimum atomic E-state index is -0.687. The number of amides is 2. The Balaban J connectivity index is 1.95. The lowest BCUT2D eigenvalue weighted by atomic mass is 10.1. The number of carbonyl (C=O) groups excluding carboxylic acids is 2. The predicted octanol–water partition coefficient (Wildman–Crippen LogP) is 2.22. The van der Waals surface area contributed by atoms with Gasteiger partial charge in [-0.05, 0) is 30.2 Å². The fourth-order valence-electron chi connectivity index (χ4n) is 2.33. The van der Waals surface area contributed by atoms with Crippen LogP contribution >= 0.6 is 11.6 Å². The van der Waals surface area contributed by atoms with Gasteiger partial charge in [-0.2, -0.15) is 0 Å². The molecule has 0 heterocycles. The van der Waals surface area contributed by atoms with Crippen molar-refractivity contribution in [1.29, 1.82) is 0 Å². The van der Waals surface area contributed by atoms with E-state index in [1.54, 1.807) is 19.2 Å². The summed E-state index contributed by atoms with van der Waals surface area (Å²) < 4.78 is 4.88. The fraction of sp³-hybridized carbons (Fsp3) is 0.263. The van der Waals surface area contributed by atoms with Gasteiger partial charge in [-0.3, -0.25) is 9.59 Å². The highest BCUT2D eigenvalue weighted by molar-refractivity contribution is 6.34. The first-order chi connectivity index (χ1) is 12.5. The third-order valence-corrected chi connectivity index (χ3v) is 4.02. The lowest BCUT2D eigenvalue weighted by Gasteiger charge is -2.13. The summed E-state index contributed by atoms with van der Waals surface area (Å²) in [7, 11) is 1.55. The zero-order chi connectivity index (χ0) is 18.9. The number of nitrogens with two attached hydrogens (primary N) is 1. The first kappa shape index (κ1) is 19.9. The van der Waals surface area contributed by atoms with Crippen LogP contribution in [0.3, 0.4) is 0 Å². The Bertz CT molecular complexity index is 753. The molecule has 2 aromatic carbocycles. The van der Waals surface area contributed by atoms with Crippen molar-refractivity contribution in [2.24, 2.45) is 5.73 Å². The van der Waals surface area contributed by atoms with Gasteiger partial charge in [0.05, 0.1) is 23.2 Å². The van der Waals surface area contributed by atoms with E-state index in [-0.39, 0.29) is 16.8 Å². The Morgan fingerprint density at radius 1 is 1.19 bits per heavy atom. The van der Waals surface area contributed by atoms with Crippen LogP contribution in [0.15, 0.2) is 48.5 Å². The van der Waals surface area contributed by atoms with Gasteiger partial charge in [0.1, 0.15) is 0 Å². The third-order valence-electron chi connectivity index (χ3n) is 3.71. The summed E-state index contributed by atoms with van der Waals surface area (Å²) >= 11 is 6.16. The summed E-state index contributed by atoms with van der Waals surface area (Å²) in [5, 5.41) is 5.66. The number of methoxy groups -OCH3 is 1. The van der Waals surface area contributed by atoms with Crippen LogP contribution in [0.25, 0.3) is 0 Å². The molecule has 0 bridgehead atoms. The number of ether oxygens (including phenoxy) is 1. The molecule has 1 atom stereocenters. The molecule has 2 amide bonds. The van der Waals surface area contributed by atoms with Crippen LogP contribution in [0.5, 0.6) is 0 Å². The molecule has 0 aliphatic heterocycles. The second-order valence-electron chi connectivity index (χ2n) is 5.73. The molecule has 0 aliphatic rings. The number of anilines is 1. The van der Waals surface area contributed by atoms with E-state index in [0.29, 0.717) is 30.8 Å². The highest BCUT2D eigenvalue weighted by atomic mass is 35.5. The van der Waals surface area contributed by atoms with E-state index in [9.17, 15) is 9.59 Å². The minimum absolute atomic E-state index is 0.245. The first-order valence-corrected chi connectivity index (χ1v) is 8.56. The quantitative estimate of drug-likeness (QED) is 0.617. The van der Waals surface area contributed by atoms with Crippen LogP contribution in [0.4, 0.5) is 5.69 Å². The predicted molar refractivity (Wildman–Crippen MR) is 102 cm³/mol. The van der Waals surface area contributed by atoms with Crippen molar-refractivity contribution in [3.8, 4) is 0 Å². The van der Waals surface area contributed by atoms with Crippen molar-refractivity contribution in [2.45, 2.75) is 12.5 Å². The number of rotatable bonds is 8. The molecule has 6 nitrogen and oxygen atoms in total. The van der Waals surface area contributed by atoms with Crippen molar-refractivity contribution in [3.05, 3.63) is 64.7 Å². The Hall–Kier alpha value is -2.41. The lowest BCUT2D eigenvalue weighted by Crippen LogP contribution is -2.37. The maximum atomic E-state index is 12.2. The molecule has 2 rings (SSSR count). The largest absolute Gasteiger partial charge is 0.383 e. The van der Waals surface area contributed by atoms with Crippen molar-refractivity contribution in [1.82, 2.24) is 5.32 Å². The number of hydrogen-bond donors (Lipinski definition) is 3. The van der Waals surface area contributed by atoms with Crippen molar-refractivity contribution in [3.63, 3.8) is 0 Å². The van der Waals surface area contributed by atoms with Crippen LogP contribution < -0.4 is 16.4 Å². The standard InChI is InChI=1S/C19H22ClN3O3/c1-26-10-9-22-18(24)15-8-7-14(12-16(15)20)23-19(25)17(21)11-13-5-3-2-4-6-13/h2-8,12,17H,9-11,21H2,1H3,(H,22,24)(H,23,25)/t17-/m0/s1. The van der Waals surface area contributed by atoms with Crippen LogP contribution in [0.2, 0.25) is 5.02 Å². The Kier molecular flexibility index (Phi) is 7.59. The second kappa shape index (κ2) is 9.91. The third kappa shape index (κ3) is 5.84. The minimum Gasteiger partial charge on any atom is -0.383 e. The SMILES string of the molecule is COCCNC(=O)c1ccc(NC(=O)[C@@H](N)Cc2ccccc2)cc1Cl. The van der Waals surface area contributed by atoms with Crippen LogP contribution in [0.1, 0.15) is 15.9 Å². The Morgan fingerprint density at radius 2 is 1.92 bits per heavy atom. The average molecular weight is 376 g/mol. The number of nitrogens with one attached hydrogen (secondary N) is 2. The first-order valence-electron chi connectivity index (χ1n) is 8.18. The van der Waals surface area contributed by atoms with E-state index in [2.05, 4.69) is 10.6 Å². The zero-order valence-electron chi connectivity index (χ0n) is 14.5. The number of benzene rings is 2. The lowest BCUT2D eigenvalue weighted by molar-refractivity contribution is -0.117. The molecule has 7 heteroatoms. The Morgan fingerprint density at radius 3 is 2.58 bits per heavy atom. The number of carbonyl (C=O) groups is 2. The van der Waals surface area contributed by atoms with E-state index in [0.717, 1.165) is 5.56 Å². The van der Waals surface area contributed by atoms with Gasteiger partial charge in [0, 0.05) is 19.3 Å². The van der Waals surface area contributed by atoms with Gasteiger partial charge in [-0.1, -0.05) is 41.9 Å². The van der Waals surface area contributed by atoms with E-state index in [4.69, 9.17) is 22.1 Å². The van der Waals surface area contributed by atoms with Crippen molar-refractivity contribution in [2.75, 3.05) is 25.6 Å². The molecular formula is C19H22ClN3O3. The molecule has 0 saturated heterocycles. The Labute approximate surface area is 157 Å². The molecule has 138 valence electrons. The van der Waals surface area contributed by atoms with Gasteiger partial charge in [0.25, 0.3) is 5.91 Å². The van der Waals surface area contributed by atoms with Crippen molar-refractivity contribution < 1.29 is 14.3 Å². The van der Waals surface area contributed by atoms with E-state index in [1.165, 1.54) is 6.07 Å². The highest BCUT2D eigenvalue weighted by Gasteiger charge is 2.16. The molecule has 0 saturated carbocycles. The zero-order valence-corrected chi connectivity index (χ0v) is 15.3. The average Bonchev–Trinajstić information content (AvgIpc) is 2.62. The molecule has 0 unspecified atom stereocenters. The fourth-order valence-corrected chi connectivity index (χ4v) is 2.60. The van der Waals surface area contributed by atoms with Gasteiger partial charge < -0.3 is 21.1 Å². The van der Waals surface area contributed by atoms with Crippen molar-refractivity contribution >= 4 is 29.1 Å². The van der Waals surface area contributed by atoms with Crippen LogP contribution in [-0.2, 0) is 16.0 Å². The molecule has 0 aliphatic carbocycles. The topological polar surface area (TPSA) is 93.5 Å². The van der Waals surface area contributed by atoms with Gasteiger partial charge in [-0.15, -0.1) is 0 Å². The number of halogens is 1. The number of hydrogen-bond acceptors (Lipinski definition) is 4. The normalized spacial score (nSPS) is 11.7. The maximum absolute atomic E-state index is 12.2. The molecule has 0 radical (unpaired) electrons. The van der Waals surface area contributed by atoms with E-state index in [1.807, 2.05) is 30.3 Å². The molecule has 26 heavy (non-hydrogen) atoms. The van der Waals surface area contributed by atoms with Gasteiger partial charge in [0.15, 0.2) is 0 Å². The molecule has 0 fully saturated rings. The molecule has 4 N–H and O–H groups in total. The molecule has 2 aromatic rings. The van der Waals surface area contributed by atoms with Crippen LogP contribution in [-0.4, -0.2) is 38.1 Å². The van der Waals surface area contributed by atoms with E-state index >= 15 is 0 Å². The smallest absolute Gasteiger partial charge is 0.252 e. The van der Waals surface area contributed by atoms with Gasteiger partial charge in [0.2, 0.25) is 5.91 Å². The summed E-state index contributed by atoms with van der Waals surface area (Å²) in [6.07, 6.45) is 0.431. The maximum Gasteiger partial charge on any atom is 0.252 e. The molecular weight excluding hydrogens is 354 g/mol. The van der Waals surface area contributed by atoms with E-state index < -0.39 is 6.04 Å². The summed E-state index contributed by atoms with van der Waals surface area (Å²) in [5.74, 6) is -0.618. The highest BCUT2D eigenvalue weighted by Crippen LogP contribution is 2.21. The molecule has 0 aromatic heterocycles. The second-order valence-corrected chi connectivity index (χ2v) is 6.14. The summed E-state index contributed by atoms with van der Waals surface area (Å²) in [6, 6.07) is 13.6. The summed E-state index contributed by atoms with van der Waals surface area (Å²) in [6.45, 7) is 0.801. The summed E-state index contributed by atoms with van der Waals surface area (Å²) in [5.41, 5.74) is 7.75. The summed E-state index contributed by atoms with van der Waals surface area (Å²) in [4.78, 5) is 24.3. The monoisotopic (exact) mass is 375 g/mol. The molecule has 0 spiro atoms. The van der Waals surface area contributed by atoms with Gasteiger partial charge >= 0.3 is 0 Å².